The van der Waals surface area contributed by atoms with E-state index in [0.717, 1.165) is 11.4 Å². The Morgan fingerprint density at radius 1 is 1.28 bits per heavy atom. The van der Waals surface area contributed by atoms with Gasteiger partial charge in [-0.05, 0) is 38.0 Å². The highest BCUT2D eigenvalue weighted by Gasteiger charge is 2.30. The number of ether oxygens (including phenoxy) is 1. The van der Waals surface area contributed by atoms with Crippen molar-refractivity contribution in [1.82, 2.24) is 19.2 Å². The summed E-state index contributed by atoms with van der Waals surface area (Å²) in [6.07, 6.45) is 3.24. The zero-order chi connectivity index (χ0) is 18.0. The van der Waals surface area contributed by atoms with Crippen LogP contribution >= 0.6 is 0 Å². The van der Waals surface area contributed by atoms with Gasteiger partial charge in [0.05, 0.1) is 18.2 Å². The van der Waals surface area contributed by atoms with Gasteiger partial charge in [-0.3, -0.25) is 14.3 Å². The second-order valence-corrected chi connectivity index (χ2v) is 6.36. The lowest BCUT2D eigenvalue weighted by Crippen LogP contribution is -2.41. The number of carbonyl (C=O) groups is 2. The third-order valence-corrected chi connectivity index (χ3v) is 4.71. The van der Waals surface area contributed by atoms with Gasteiger partial charge in [0.1, 0.15) is 11.4 Å². The van der Waals surface area contributed by atoms with Crippen molar-refractivity contribution in [3.05, 3.63) is 30.1 Å². The monoisotopic (exact) mass is 344 g/mol. The fourth-order valence-corrected chi connectivity index (χ4v) is 3.26. The quantitative estimate of drug-likeness (QED) is 0.794. The Hall–Kier alpha value is -2.57. The first-order valence-electron chi connectivity index (χ1n) is 8.63. The number of piperidine rings is 1. The minimum atomic E-state index is -0.152. The van der Waals surface area contributed by atoms with E-state index in [9.17, 15) is 9.59 Å². The van der Waals surface area contributed by atoms with Crippen LogP contribution in [-0.4, -0.2) is 50.8 Å². The average molecular weight is 344 g/mol. The third kappa shape index (κ3) is 3.45. The van der Waals surface area contributed by atoms with E-state index in [1.54, 1.807) is 16.6 Å². The van der Waals surface area contributed by atoms with Crippen molar-refractivity contribution >= 4 is 11.9 Å². The molecule has 25 heavy (non-hydrogen) atoms. The van der Waals surface area contributed by atoms with Gasteiger partial charge < -0.3 is 14.2 Å². The van der Waals surface area contributed by atoms with E-state index in [0.29, 0.717) is 38.2 Å². The van der Waals surface area contributed by atoms with Gasteiger partial charge in [-0.25, -0.2) is 0 Å². The SMILES string of the molecule is CCOC(=O)C1CCN(C(=O)c2cc(-c3cccn3C)nn2C)CC1. The van der Waals surface area contributed by atoms with Gasteiger partial charge in [0.15, 0.2) is 0 Å². The first-order valence-corrected chi connectivity index (χ1v) is 8.63. The molecule has 1 fully saturated rings. The first kappa shape index (κ1) is 17.3. The van der Waals surface area contributed by atoms with Gasteiger partial charge in [0, 0.05) is 33.4 Å². The van der Waals surface area contributed by atoms with Crippen LogP contribution in [0.25, 0.3) is 11.4 Å². The molecule has 1 aliphatic rings. The van der Waals surface area contributed by atoms with Crippen LogP contribution in [0.1, 0.15) is 30.3 Å². The van der Waals surface area contributed by atoms with Crippen LogP contribution in [0, 0.1) is 5.92 Å². The molecule has 1 aliphatic heterocycles. The third-order valence-electron chi connectivity index (χ3n) is 4.71. The highest BCUT2D eigenvalue weighted by atomic mass is 16.5. The van der Waals surface area contributed by atoms with Gasteiger partial charge in [-0.15, -0.1) is 0 Å². The zero-order valence-electron chi connectivity index (χ0n) is 14.9. The Balaban J connectivity index is 1.69. The Kier molecular flexibility index (Phi) is 4.92. The lowest BCUT2D eigenvalue weighted by Gasteiger charge is -2.30. The molecular weight excluding hydrogens is 320 g/mol. The minimum absolute atomic E-state index is 0.0437. The molecular formula is C18H24N4O3. The average Bonchev–Trinajstić information content (AvgIpc) is 3.20. The Labute approximate surface area is 147 Å². The molecule has 7 heteroatoms. The molecule has 0 aromatic carbocycles. The second kappa shape index (κ2) is 7.13. The van der Waals surface area contributed by atoms with Crippen molar-refractivity contribution in [3.63, 3.8) is 0 Å². The molecule has 0 bridgehead atoms. The normalized spacial score (nSPS) is 15.4. The maximum Gasteiger partial charge on any atom is 0.309 e. The molecule has 0 spiro atoms. The summed E-state index contributed by atoms with van der Waals surface area (Å²) < 4.78 is 8.68. The van der Waals surface area contributed by atoms with Crippen LogP contribution in [0.5, 0.6) is 0 Å². The Bertz CT molecular complexity index is 769. The Morgan fingerprint density at radius 2 is 2.00 bits per heavy atom. The topological polar surface area (TPSA) is 69.4 Å². The molecule has 7 nitrogen and oxygen atoms in total. The van der Waals surface area contributed by atoms with E-state index in [1.807, 2.05) is 42.9 Å². The molecule has 0 saturated carbocycles. The molecule has 0 aliphatic carbocycles. The summed E-state index contributed by atoms with van der Waals surface area (Å²) in [5, 5.41) is 4.47. The maximum atomic E-state index is 12.8. The highest BCUT2D eigenvalue weighted by molar-refractivity contribution is 5.93. The summed E-state index contributed by atoms with van der Waals surface area (Å²) in [6, 6.07) is 5.75. The van der Waals surface area contributed by atoms with Gasteiger partial charge in [-0.1, -0.05) is 0 Å². The standard InChI is InChI=1S/C18H24N4O3/c1-4-25-18(24)13-7-10-22(11-8-13)17(23)16-12-14(19-21(16)3)15-6-5-9-20(15)2/h5-6,9,12-13H,4,7-8,10-11H2,1-3H3. The van der Waals surface area contributed by atoms with E-state index in [2.05, 4.69) is 5.10 Å². The molecule has 2 aromatic heterocycles. The molecule has 0 radical (unpaired) electrons. The van der Waals surface area contributed by atoms with Gasteiger partial charge in [-0.2, -0.15) is 5.10 Å². The Morgan fingerprint density at radius 3 is 2.60 bits per heavy atom. The number of amides is 1. The van der Waals surface area contributed by atoms with E-state index in [4.69, 9.17) is 4.74 Å². The smallest absolute Gasteiger partial charge is 0.309 e. The predicted molar refractivity (Wildman–Crippen MR) is 92.9 cm³/mol. The first-order chi connectivity index (χ1) is 12.0. The van der Waals surface area contributed by atoms with Crippen LogP contribution < -0.4 is 0 Å². The molecule has 0 N–H and O–H groups in total. The fourth-order valence-electron chi connectivity index (χ4n) is 3.26. The molecule has 0 unspecified atom stereocenters. The predicted octanol–water partition coefficient (Wildman–Crippen LogP) is 1.84. The highest BCUT2D eigenvalue weighted by Crippen LogP contribution is 2.23. The van der Waals surface area contributed by atoms with Crippen molar-refractivity contribution in [2.45, 2.75) is 19.8 Å². The zero-order valence-corrected chi connectivity index (χ0v) is 14.9. The fraction of sp³-hybridized carbons (Fsp3) is 0.500. The van der Waals surface area contributed by atoms with Crippen LogP contribution in [0.3, 0.4) is 0 Å². The van der Waals surface area contributed by atoms with Crippen molar-refractivity contribution in [3.8, 4) is 11.4 Å². The minimum Gasteiger partial charge on any atom is -0.466 e. The summed E-state index contributed by atoms with van der Waals surface area (Å²) >= 11 is 0. The second-order valence-electron chi connectivity index (χ2n) is 6.36. The number of hydrogen-bond acceptors (Lipinski definition) is 4. The molecule has 0 atom stereocenters. The van der Waals surface area contributed by atoms with Crippen LogP contribution in [0.15, 0.2) is 24.4 Å². The number of nitrogens with zero attached hydrogens (tertiary/aromatic N) is 4. The van der Waals surface area contributed by atoms with Crippen molar-refractivity contribution in [1.29, 1.82) is 0 Å². The van der Waals surface area contributed by atoms with Crippen molar-refractivity contribution < 1.29 is 14.3 Å². The van der Waals surface area contributed by atoms with Gasteiger partial charge in [0.2, 0.25) is 0 Å². The lowest BCUT2D eigenvalue weighted by atomic mass is 9.97. The van der Waals surface area contributed by atoms with E-state index in [-0.39, 0.29) is 17.8 Å². The number of hydrogen-bond donors (Lipinski definition) is 0. The molecule has 1 amide bonds. The van der Waals surface area contributed by atoms with Crippen LogP contribution in [0.2, 0.25) is 0 Å². The van der Waals surface area contributed by atoms with Crippen LogP contribution in [0.4, 0.5) is 0 Å². The summed E-state index contributed by atoms with van der Waals surface area (Å²) in [7, 11) is 3.73. The molecule has 3 heterocycles. The van der Waals surface area contributed by atoms with E-state index >= 15 is 0 Å². The molecule has 134 valence electrons. The van der Waals surface area contributed by atoms with Crippen molar-refractivity contribution in [2.75, 3.05) is 19.7 Å². The maximum absolute atomic E-state index is 12.8. The number of rotatable bonds is 4. The largest absolute Gasteiger partial charge is 0.466 e. The summed E-state index contributed by atoms with van der Waals surface area (Å²) in [4.78, 5) is 26.4. The molecule has 3 rings (SSSR count). The van der Waals surface area contributed by atoms with Crippen molar-refractivity contribution in [2.24, 2.45) is 20.0 Å². The van der Waals surface area contributed by atoms with Crippen LogP contribution in [-0.2, 0) is 23.6 Å². The number of likely N-dealkylation sites (tertiary alicyclic amines) is 1. The summed E-state index contributed by atoms with van der Waals surface area (Å²) in [6.45, 7) is 3.33. The number of aryl methyl sites for hydroxylation is 2. The molecule has 2 aromatic rings. The van der Waals surface area contributed by atoms with Gasteiger partial charge >= 0.3 is 5.97 Å². The lowest BCUT2D eigenvalue weighted by molar-refractivity contribution is -0.149. The molecule has 1 saturated heterocycles. The number of carbonyl (C=O) groups excluding carboxylic acids is 2. The summed E-state index contributed by atoms with van der Waals surface area (Å²) in [5.41, 5.74) is 2.31. The number of esters is 1. The summed E-state index contributed by atoms with van der Waals surface area (Å²) in [5.74, 6) is -0.298. The van der Waals surface area contributed by atoms with E-state index in [1.165, 1.54) is 0 Å². The number of aromatic nitrogens is 3. The van der Waals surface area contributed by atoms with Gasteiger partial charge in [0.25, 0.3) is 5.91 Å². The van der Waals surface area contributed by atoms with E-state index < -0.39 is 0 Å².